The van der Waals surface area contributed by atoms with Crippen LogP contribution in [0.25, 0.3) is 16.7 Å². The minimum atomic E-state index is -1.21. The number of β-lactam (4-membered cyclic amide) rings is 1. The van der Waals surface area contributed by atoms with Crippen LogP contribution in [0.5, 0.6) is 0 Å². The molecule has 1 saturated heterocycles. The van der Waals surface area contributed by atoms with Crippen LogP contribution in [0.15, 0.2) is 47.0 Å². The first-order chi connectivity index (χ1) is 14.7. The Balaban J connectivity index is 1.61. The van der Waals surface area contributed by atoms with Crippen molar-refractivity contribution in [1.29, 1.82) is 0 Å². The van der Waals surface area contributed by atoms with Gasteiger partial charge in [0.05, 0.1) is 18.1 Å². The van der Waals surface area contributed by atoms with Crippen molar-refractivity contribution in [2.45, 2.75) is 30.4 Å². The lowest BCUT2D eigenvalue weighted by Crippen LogP contribution is -2.61. The maximum atomic E-state index is 12.9. The van der Waals surface area contributed by atoms with Crippen molar-refractivity contribution in [2.24, 2.45) is 5.92 Å². The van der Waals surface area contributed by atoms with E-state index in [1.54, 1.807) is 42.7 Å². The molecule has 8 heteroatoms. The van der Waals surface area contributed by atoms with E-state index < -0.39 is 28.8 Å². The number of carboxylic acids is 1. The zero-order valence-electron chi connectivity index (χ0n) is 16.8. The van der Waals surface area contributed by atoms with Crippen LogP contribution in [-0.2, 0) is 20.4 Å². The van der Waals surface area contributed by atoms with Crippen LogP contribution in [0.2, 0.25) is 0 Å². The Kier molecular flexibility index (Phi) is 4.29. The molecule has 0 bridgehead atoms. The quantitative estimate of drug-likeness (QED) is 0.604. The first kappa shape index (κ1) is 19.8. The number of carboxylic acid groups (broad SMARTS) is 1. The van der Waals surface area contributed by atoms with E-state index in [1.165, 1.54) is 11.8 Å². The Morgan fingerprint density at radius 2 is 1.81 bits per heavy atom. The molecule has 31 heavy (non-hydrogen) atoms. The molecule has 0 radical (unpaired) electrons. The van der Waals surface area contributed by atoms with E-state index in [1.807, 2.05) is 0 Å². The van der Waals surface area contributed by atoms with E-state index in [4.69, 9.17) is 0 Å². The van der Waals surface area contributed by atoms with Crippen molar-refractivity contribution in [3.8, 4) is 11.1 Å². The summed E-state index contributed by atoms with van der Waals surface area (Å²) in [5.41, 5.74) is 3.48. The number of aliphatic hydroxyl groups is 1. The van der Waals surface area contributed by atoms with Crippen LogP contribution in [0.4, 0.5) is 0 Å². The largest absolute Gasteiger partial charge is 0.477 e. The highest BCUT2D eigenvalue weighted by Gasteiger charge is 2.56. The Morgan fingerprint density at radius 1 is 1.10 bits per heavy atom. The number of aliphatic carboxylic acids is 1. The molecular weight excluding hydrogens is 418 g/mol. The normalized spacial score (nSPS) is 23.3. The number of nitrogens with zero attached hydrogens (tertiary/aromatic N) is 1. The van der Waals surface area contributed by atoms with Crippen molar-refractivity contribution < 1.29 is 28.8 Å². The van der Waals surface area contributed by atoms with Gasteiger partial charge >= 0.3 is 5.97 Å². The van der Waals surface area contributed by atoms with Crippen LogP contribution in [0.3, 0.4) is 0 Å². The van der Waals surface area contributed by atoms with Crippen molar-refractivity contribution >= 4 is 34.0 Å². The minimum Gasteiger partial charge on any atom is -0.477 e. The second kappa shape index (κ2) is 6.70. The zero-order chi connectivity index (χ0) is 22.2. The number of fused-ring (bicyclic) bond motifs is 4. The number of hydrogen-bond donors (Lipinski definition) is 2. The van der Waals surface area contributed by atoms with Crippen molar-refractivity contribution in [2.75, 3.05) is 6.26 Å². The highest BCUT2D eigenvalue weighted by Crippen LogP contribution is 2.48. The Labute approximate surface area is 180 Å². The maximum absolute atomic E-state index is 12.9. The van der Waals surface area contributed by atoms with Crippen LogP contribution < -0.4 is 0 Å². The third-order valence-electron chi connectivity index (χ3n) is 6.40. The third-order valence-corrected chi connectivity index (χ3v) is 7.32. The molecule has 0 aromatic heterocycles. The Bertz CT molecular complexity index is 1260. The molecule has 2 aromatic rings. The summed E-state index contributed by atoms with van der Waals surface area (Å²) in [6.45, 7) is 1.54. The van der Waals surface area contributed by atoms with E-state index in [0.717, 1.165) is 0 Å². The predicted molar refractivity (Wildman–Crippen MR) is 113 cm³/mol. The van der Waals surface area contributed by atoms with Gasteiger partial charge in [0.15, 0.2) is 5.78 Å². The predicted octanol–water partition coefficient (Wildman–Crippen LogP) is 2.04. The topological polar surface area (TPSA) is 112 Å². The van der Waals surface area contributed by atoms with E-state index in [0.29, 0.717) is 44.7 Å². The lowest BCUT2D eigenvalue weighted by molar-refractivity contribution is -0.161. The average Bonchev–Trinajstić information content (AvgIpc) is 3.20. The summed E-state index contributed by atoms with van der Waals surface area (Å²) in [5, 5.41) is 19.7. The molecule has 0 spiro atoms. The van der Waals surface area contributed by atoms with E-state index in [-0.39, 0.29) is 23.4 Å². The van der Waals surface area contributed by atoms with Crippen LogP contribution in [0, 0.1) is 5.92 Å². The molecule has 0 saturated carbocycles. The van der Waals surface area contributed by atoms with Crippen molar-refractivity contribution in [3.05, 3.63) is 58.8 Å². The molecule has 1 aliphatic carbocycles. The molecule has 7 nitrogen and oxygen atoms in total. The van der Waals surface area contributed by atoms with Gasteiger partial charge in [-0.3, -0.25) is 13.8 Å². The maximum Gasteiger partial charge on any atom is 0.352 e. The zero-order valence-corrected chi connectivity index (χ0v) is 17.6. The van der Waals surface area contributed by atoms with Gasteiger partial charge in [-0.15, -0.1) is 0 Å². The number of amides is 1. The fraction of sp³-hybridized carbons (Fsp3) is 0.261. The number of hydrogen-bond acceptors (Lipinski definition) is 5. The minimum absolute atomic E-state index is 0.0619. The van der Waals surface area contributed by atoms with Gasteiger partial charge in [-0.25, -0.2) is 4.79 Å². The monoisotopic (exact) mass is 437 g/mol. The summed E-state index contributed by atoms with van der Waals surface area (Å²) < 4.78 is 11.8. The highest BCUT2D eigenvalue weighted by molar-refractivity contribution is 7.84. The van der Waals surface area contributed by atoms with Crippen LogP contribution in [-0.4, -0.2) is 55.4 Å². The Hall–Kier alpha value is -3.10. The summed E-state index contributed by atoms with van der Waals surface area (Å²) in [4.78, 5) is 39.1. The average molecular weight is 437 g/mol. The summed E-state index contributed by atoms with van der Waals surface area (Å²) in [5.74, 6) is -2.34. The number of carbonyl (C=O) groups excluding carboxylic acids is 2. The number of aliphatic hydroxyl groups excluding tert-OH is 1. The molecule has 1 unspecified atom stereocenters. The smallest absolute Gasteiger partial charge is 0.352 e. The lowest BCUT2D eigenvalue weighted by Gasteiger charge is -2.44. The first-order valence-corrected chi connectivity index (χ1v) is 11.4. The molecule has 2 aromatic carbocycles. The molecule has 2 aliphatic heterocycles. The molecular formula is C23H19NO6S. The second-order valence-electron chi connectivity index (χ2n) is 8.13. The summed E-state index contributed by atoms with van der Waals surface area (Å²) in [6.07, 6.45) is 1.03. The fourth-order valence-corrected chi connectivity index (χ4v) is 5.49. The third kappa shape index (κ3) is 2.68. The van der Waals surface area contributed by atoms with Crippen LogP contribution >= 0.6 is 0 Å². The highest BCUT2D eigenvalue weighted by atomic mass is 32.2. The second-order valence-corrected chi connectivity index (χ2v) is 9.51. The van der Waals surface area contributed by atoms with Crippen LogP contribution in [0.1, 0.15) is 34.8 Å². The van der Waals surface area contributed by atoms with Gasteiger partial charge in [0.1, 0.15) is 5.70 Å². The van der Waals surface area contributed by atoms with E-state index in [2.05, 4.69) is 0 Å². The summed E-state index contributed by atoms with van der Waals surface area (Å²) >= 11 is 0. The SMILES string of the molecule is C[C@@H](O)[C@H]1C(=O)N2C(C(=O)O)=C(c3ccc4c(c3)-c3ccc(S(C)=O)cc3C4=O)C[C@H]12. The molecule has 4 atom stereocenters. The number of ketones is 1. The van der Waals surface area contributed by atoms with Gasteiger partial charge in [-0.1, -0.05) is 12.1 Å². The van der Waals surface area contributed by atoms with Gasteiger partial charge in [0.2, 0.25) is 5.91 Å². The summed E-state index contributed by atoms with van der Waals surface area (Å²) in [7, 11) is -1.21. The number of benzene rings is 2. The first-order valence-electron chi connectivity index (χ1n) is 9.85. The molecule has 2 N–H and O–H groups in total. The van der Waals surface area contributed by atoms with E-state index in [9.17, 15) is 28.8 Å². The molecule has 5 rings (SSSR count). The van der Waals surface area contributed by atoms with Gasteiger partial charge in [-0.05, 0) is 59.9 Å². The standard InChI is InChI=1S/C23H19NO6S/c1-10(25)19-18-9-15(20(23(28)29)24(18)22(19)27)11-3-5-14-16(7-11)13-6-4-12(31(2)30)8-17(13)21(14)26/h3-8,10,18-19,25H,9H2,1-2H3,(H,28,29)/t10-,18-,19-,31?/m1/s1. The molecule has 158 valence electrons. The number of rotatable bonds is 4. The number of carbonyl (C=O) groups is 3. The van der Waals surface area contributed by atoms with Gasteiger partial charge in [-0.2, -0.15) is 0 Å². The molecule has 1 amide bonds. The van der Waals surface area contributed by atoms with Gasteiger partial charge in [0, 0.05) is 33.1 Å². The molecule has 1 fully saturated rings. The fourth-order valence-electron chi connectivity index (χ4n) is 4.95. The van der Waals surface area contributed by atoms with Crippen molar-refractivity contribution in [1.82, 2.24) is 4.90 Å². The molecule has 3 aliphatic rings. The van der Waals surface area contributed by atoms with E-state index >= 15 is 0 Å². The van der Waals surface area contributed by atoms with Crippen molar-refractivity contribution in [3.63, 3.8) is 0 Å². The van der Waals surface area contributed by atoms with Gasteiger partial charge < -0.3 is 15.1 Å². The Morgan fingerprint density at radius 3 is 2.45 bits per heavy atom. The lowest BCUT2D eigenvalue weighted by atomic mass is 9.82. The molecule has 2 heterocycles. The summed E-state index contributed by atoms with van der Waals surface area (Å²) in [6, 6.07) is 9.91. The van der Waals surface area contributed by atoms with Gasteiger partial charge in [0.25, 0.3) is 0 Å².